The molecule has 0 atom stereocenters. The molecular weight excluding hydrogens is 264 g/mol. The molecule has 0 amide bonds. The number of hydrogen-bond donors (Lipinski definition) is 2. The van der Waals surface area contributed by atoms with Gasteiger partial charge in [-0.25, -0.2) is 4.98 Å². The minimum atomic E-state index is 0.461. The van der Waals surface area contributed by atoms with Crippen LogP contribution in [0.15, 0.2) is 41.7 Å². The van der Waals surface area contributed by atoms with Gasteiger partial charge >= 0.3 is 0 Å². The molecule has 0 radical (unpaired) electrons. The molecule has 3 aromatic rings. The molecule has 102 valence electrons. The highest BCUT2D eigenvalue weighted by Gasteiger charge is 2.12. The van der Waals surface area contributed by atoms with Gasteiger partial charge in [0.05, 0.1) is 23.3 Å². The predicted octanol–water partition coefficient (Wildman–Crippen LogP) is 2.07. The number of H-pyrrole nitrogens is 1. The van der Waals surface area contributed by atoms with E-state index in [1.165, 1.54) is 0 Å². The molecule has 3 aromatic heterocycles. The van der Waals surface area contributed by atoms with Crippen LogP contribution >= 0.6 is 0 Å². The van der Waals surface area contributed by atoms with Gasteiger partial charge in [-0.2, -0.15) is 5.10 Å². The first-order valence-corrected chi connectivity index (χ1v) is 6.56. The molecule has 0 saturated heterocycles. The summed E-state index contributed by atoms with van der Waals surface area (Å²) in [7, 11) is 0. The van der Waals surface area contributed by atoms with Crippen LogP contribution in [0.2, 0.25) is 0 Å². The zero-order chi connectivity index (χ0) is 14.2. The monoisotopic (exact) mass is 276 g/mol. The van der Waals surface area contributed by atoms with E-state index in [1.54, 1.807) is 12.3 Å². The SMILES string of the molecule is Nc1cc(-c2ccn[nH]2)c2ncc(C3=CC=NC3)cc2n1. The summed E-state index contributed by atoms with van der Waals surface area (Å²) >= 11 is 0. The van der Waals surface area contributed by atoms with E-state index in [4.69, 9.17) is 5.73 Å². The molecule has 21 heavy (non-hydrogen) atoms. The van der Waals surface area contributed by atoms with Gasteiger partial charge in [-0.3, -0.25) is 15.1 Å². The molecule has 4 rings (SSSR count). The minimum absolute atomic E-state index is 0.461. The number of hydrogen-bond acceptors (Lipinski definition) is 5. The number of nitrogens with one attached hydrogen (secondary N) is 1. The fourth-order valence-electron chi connectivity index (χ4n) is 2.45. The van der Waals surface area contributed by atoms with Crippen molar-refractivity contribution >= 4 is 28.6 Å². The molecule has 0 spiro atoms. The third-order valence-corrected chi connectivity index (χ3v) is 3.47. The average Bonchev–Trinajstić information content (AvgIpc) is 3.19. The Kier molecular flexibility index (Phi) is 2.53. The number of nitrogens with zero attached hydrogens (tertiary/aromatic N) is 4. The van der Waals surface area contributed by atoms with Gasteiger partial charge in [0, 0.05) is 29.7 Å². The van der Waals surface area contributed by atoms with E-state index in [2.05, 4.69) is 25.2 Å². The third kappa shape index (κ3) is 1.97. The Morgan fingerprint density at radius 1 is 1.24 bits per heavy atom. The van der Waals surface area contributed by atoms with Crippen LogP contribution in [-0.2, 0) is 0 Å². The Morgan fingerprint density at radius 2 is 2.19 bits per heavy atom. The summed E-state index contributed by atoms with van der Waals surface area (Å²) in [6.45, 7) is 0.683. The lowest BCUT2D eigenvalue weighted by molar-refractivity contribution is 1.09. The van der Waals surface area contributed by atoms with Crippen molar-refractivity contribution in [2.24, 2.45) is 4.99 Å². The first-order valence-electron chi connectivity index (χ1n) is 6.56. The number of aromatic nitrogens is 4. The van der Waals surface area contributed by atoms with Gasteiger partial charge in [0.25, 0.3) is 0 Å². The van der Waals surface area contributed by atoms with Crippen LogP contribution in [-0.4, -0.2) is 32.9 Å². The number of aromatic amines is 1. The number of anilines is 1. The number of aliphatic imine (C=N–C) groups is 1. The molecule has 0 saturated carbocycles. The Balaban J connectivity index is 1.93. The van der Waals surface area contributed by atoms with Crippen LogP contribution in [0.1, 0.15) is 5.56 Å². The van der Waals surface area contributed by atoms with Crippen molar-refractivity contribution in [3.63, 3.8) is 0 Å². The zero-order valence-corrected chi connectivity index (χ0v) is 11.1. The Labute approximate surface area is 120 Å². The van der Waals surface area contributed by atoms with Gasteiger partial charge < -0.3 is 5.73 Å². The number of nitrogens with two attached hydrogens (primary N) is 1. The van der Waals surface area contributed by atoms with Gasteiger partial charge in [-0.05, 0) is 29.8 Å². The fourth-order valence-corrected chi connectivity index (χ4v) is 2.45. The molecular formula is C15H12N6. The van der Waals surface area contributed by atoms with Gasteiger partial charge in [-0.1, -0.05) is 0 Å². The van der Waals surface area contributed by atoms with Crippen LogP contribution in [0.4, 0.5) is 5.82 Å². The van der Waals surface area contributed by atoms with E-state index in [1.807, 2.05) is 30.6 Å². The summed E-state index contributed by atoms with van der Waals surface area (Å²) in [5.41, 5.74) is 11.4. The summed E-state index contributed by atoms with van der Waals surface area (Å²) in [5.74, 6) is 0.461. The predicted molar refractivity (Wildman–Crippen MR) is 82.9 cm³/mol. The Bertz CT molecular complexity index is 877. The molecule has 1 aliphatic rings. The maximum atomic E-state index is 5.92. The van der Waals surface area contributed by atoms with Gasteiger partial charge in [0.2, 0.25) is 0 Å². The standard InChI is InChI=1S/C15H12N6/c16-14-6-11(12-2-4-19-21-12)15-13(20-14)5-10(8-18-15)9-1-3-17-7-9/h1-6,8H,7H2,(H2,16,20)(H,19,21). The van der Waals surface area contributed by atoms with Crippen molar-refractivity contribution in [2.75, 3.05) is 12.3 Å². The van der Waals surface area contributed by atoms with Crippen LogP contribution in [0, 0.1) is 0 Å². The van der Waals surface area contributed by atoms with Crippen molar-refractivity contribution in [1.29, 1.82) is 0 Å². The van der Waals surface area contributed by atoms with Crippen molar-refractivity contribution in [1.82, 2.24) is 20.2 Å². The van der Waals surface area contributed by atoms with Crippen LogP contribution in [0.25, 0.3) is 27.9 Å². The average molecular weight is 276 g/mol. The van der Waals surface area contributed by atoms with E-state index < -0.39 is 0 Å². The quantitative estimate of drug-likeness (QED) is 0.749. The van der Waals surface area contributed by atoms with E-state index >= 15 is 0 Å². The molecule has 4 heterocycles. The summed E-state index contributed by atoms with van der Waals surface area (Å²) < 4.78 is 0. The first-order chi connectivity index (χ1) is 10.3. The van der Waals surface area contributed by atoms with Crippen molar-refractivity contribution in [3.05, 3.63) is 42.2 Å². The second-order valence-electron chi connectivity index (χ2n) is 4.84. The smallest absolute Gasteiger partial charge is 0.124 e. The largest absolute Gasteiger partial charge is 0.384 e. The van der Waals surface area contributed by atoms with Crippen LogP contribution in [0.3, 0.4) is 0 Å². The molecule has 6 nitrogen and oxygen atoms in total. The summed E-state index contributed by atoms with van der Waals surface area (Å²) in [4.78, 5) is 13.1. The minimum Gasteiger partial charge on any atom is -0.384 e. The third-order valence-electron chi connectivity index (χ3n) is 3.47. The highest BCUT2D eigenvalue weighted by Crippen LogP contribution is 2.28. The first kappa shape index (κ1) is 11.8. The van der Waals surface area contributed by atoms with Crippen molar-refractivity contribution in [3.8, 4) is 11.3 Å². The number of pyridine rings is 2. The number of nitrogen functional groups attached to an aromatic ring is 1. The molecule has 0 aromatic carbocycles. The maximum Gasteiger partial charge on any atom is 0.124 e. The lowest BCUT2D eigenvalue weighted by Gasteiger charge is -2.07. The van der Waals surface area contributed by atoms with E-state index in [9.17, 15) is 0 Å². The van der Waals surface area contributed by atoms with Crippen LogP contribution < -0.4 is 5.73 Å². The van der Waals surface area contributed by atoms with E-state index in [-0.39, 0.29) is 0 Å². The van der Waals surface area contributed by atoms with Gasteiger partial charge in [0.15, 0.2) is 0 Å². The maximum absolute atomic E-state index is 5.92. The molecule has 3 N–H and O–H groups in total. The van der Waals surface area contributed by atoms with E-state index in [0.29, 0.717) is 12.4 Å². The molecule has 0 unspecified atom stereocenters. The molecule has 0 bridgehead atoms. The Morgan fingerprint density at radius 3 is 2.95 bits per heavy atom. The number of allylic oxidation sites excluding steroid dienone is 1. The highest BCUT2D eigenvalue weighted by atomic mass is 15.1. The molecule has 0 fully saturated rings. The van der Waals surface area contributed by atoms with Gasteiger partial charge in [0.1, 0.15) is 5.82 Å². The topological polar surface area (TPSA) is 92.8 Å². The van der Waals surface area contributed by atoms with Crippen molar-refractivity contribution < 1.29 is 0 Å². The lowest BCUT2D eigenvalue weighted by Crippen LogP contribution is -1.97. The van der Waals surface area contributed by atoms with E-state index in [0.717, 1.165) is 33.4 Å². The Hall–Kier alpha value is -3.02. The second-order valence-corrected chi connectivity index (χ2v) is 4.84. The number of rotatable bonds is 2. The molecule has 0 aliphatic carbocycles. The highest BCUT2D eigenvalue weighted by molar-refractivity contribution is 5.95. The summed E-state index contributed by atoms with van der Waals surface area (Å²) in [6, 6.07) is 5.69. The normalized spacial score (nSPS) is 13.8. The lowest BCUT2D eigenvalue weighted by atomic mass is 10.1. The second kappa shape index (κ2) is 4.52. The van der Waals surface area contributed by atoms with Crippen molar-refractivity contribution in [2.45, 2.75) is 0 Å². The summed E-state index contributed by atoms with van der Waals surface area (Å²) in [5, 5.41) is 6.91. The summed E-state index contributed by atoms with van der Waals surface area (Å²) in [6.07, 6.45) is 7.35. The number of fused-ring (bicyclic) bond motifs is 1. The molecule has 6 heteroatoms. The van der Waals surface area contributed by atoms with Gasteiger partial charge in [-0.15, -0.1) is 0 Å². The fraction of sp³-hybridized carbons (Fsp3) is 0.0667. The zero-order valence-electron chi connectivity index (χ0n) is 11.1. The molecule has 1 aliphatic heterocycles. The van der Waals surface area contributed by atoms with Crippen LogP contribution in [0.5, 0.6) is 0 Å².